The Hall–Kier alpha value is -1.62. The summed E-state index contributed by atoms with van der Waals surface area (Å²) in [4.78, 5) is 9.13. The van der Waals surface area contributed by atoms with Crippen molar-refractivity contribution in [3.63, 3.8) is 0 Å². The number of hydrogen-bond acceptors (Lipinski definition) is 5. The Labute approximate surface area is 215 Å². The van der Waals surface area contributed by atoms with Gasteiger partial charge in [0.1, 0.15) is 5.76 Å². The van der Waals surface area contributed by atoms with Gasteiger partial charge in [0.2, 0.25) is 0 Å². The molecule has 8 heteroatoms. The van der Waals surface area contributed by atoms with Crippen LogP contribution in [0.4, 0.5) is 0 Å². The standard InChI is InChI=1S/C25H38N4O3.HI/c1-26-25(29-13-11-23(12-14-29)31-17-7-15-30-3)27-18-21-8-4-5-9-22(21)19-28(2)20-24-10-6-16-32-24;/h4-6,8-10,16,23H,7,11-15,17-20H2,1-3H3,(H,26,27);1H. The Bertz CT molecular complexity index is 808. The van der Waals surface area contributed by atoms with Gasteiger partial charge in [0.15, 0.2) is 5.96 Å². The van der Waals surface area contributed by atoms with Crippen molar-refractivity contribution in [3.05, 3.63) is 59.5 Å². The molecule has 0 amide bonds. The Morgan fingerprint density at radius 1 is 1.12 bits per heavy atom. The van der Waals surface area contributed by atoms with Crippen molar-refractivity contribution >= 4 is 29.9 Å². The van der Waals surface area contributed by atoms with E-state index < -0.39 is 0 Å². The molecule has 3 rings (SSSR count). The van der Waals surface area contributed by atoms with Crippen molar-refractivity contribution < 1.29 is 13.9 Å². The second kappa shape index (κ2) is 15.3. The number of nitrogens with zero attached hydrogens (tertiary/aromatic N) is 3. The number of hydrogen-bond donors (Lipinski definition) is 1. The number of halogens is 1. The van der Waals surface area contributed by atoms with Crippen molar-refractivity contribution in [2.45, 2.75) is 45.0 Å². The molecule has 1 saturated heterocycles. The first kappa shape index (κ1) is 27.6. The van der Waals surface area contributed by atoms with E-state index in [1.165, 1.54) is 11.1 Å². The summed E-state index contributed by atoms with van der Waals surface area (Å²) in [6.45, 7) is 5.86. The lowest BCUT2D eigenvalue weighted by Crippen LogP contribution is -2.46. The van der Waals surface area contributed by atoms with Gasteiger partial charge < -0.3 is 24.1 Å². The molecule has 1 aromatic heterocycles. The fourth-order valence-electron chi connectivity index (χ4n) is 4.09. The molecule has 2 aromatic rings. The Kier molecular flexibility index (Phi) is 12.8. The molecule has 1 aliphatic heterocycles. The van der Waals surface area contributed by atoms with E-state index in [4.69, 9.17) is 13.9 Å². The van der Waals surface area contributed by atoms with Crippen LogP contribution in [0.3, 0.4) is 0 Å². The normalized spacial score (nSPS) is 15.0. The molecular weight excluding hydrogens is 531 g/mol. The van der Waals surface area contributed by atoms with Crippen LogP contribution in [-0.4, -0.2) is 69.4 Å². The Morgan fingerprint density at radius 3 is 2.55 bits per heavy atom. The minimum atomic E-state index is 0. The van der Waals surface area contributed by atoms with E-state index in [0.29, 0.717) is 6.10 Å². The van der Waals surface area contributed by atoms with Crippen molar-refractivity contribution in [2.75, 3.05) is 47.5 Å². The predicted molar refractivity (Wildman–Crippen MR) is 143 cm³/mol. The van der Waals surface area contributed by atoms with Gasteiger partial charge in [-0.05, 0) is 49.6 Å². The summed E-state index contributed by atoms with van der Waals surface area (Å²) in [5.41, 5.74) is 2.60. The smallest absolute Gasteiger partial charge is 0.193 e. The maximum Gasteiger partial charge on any atom is 0.193 e. The van der Waals surface area contributed by atoms with Crippen LogP contribution in [0.15, 0.2) is 52.1 Å². The molecule has 7 nitrogen and oxygen atoms in total. The summed E-state index contributed by atoms with van der Waals surface area (Å²) in [5.74, 6) is 1.94. The van der Waals surface area contributed by atoms with Crippen LogP contribution in [0.1, 0.15) is 36.1 Å². The maximum absolute atomic E-state index is 5.99. The molecule has 1 N–H and O–H groups in total. The molecule has 2 heterocycles. The SMILES string of the molecule is CN=C(NCc1ccccc1CN(C)Cc1ccco1)N1CCC(OCCCOC)CC1.I. The lowest BCUT2D eigenvalue weighted by molar-refractivity contribution is 0.00989. The topological polar surface area (TPSA) is 62.5 Å². The maximum atomic E-state index is 5.99. The van der Waals surface area contributed by atoms with Crippen molar-refractivity contribution in [3.8, 4) is 0 Å². The van der Waals surface area contributed by atoms with Crippen LogP contribution >= 0.6 is 24.0 Å². The molecule has 1 aliphatic rings. The van der Waals surface area contributed by atoms with E-state index in [2.05, 4.69) is 51.4 Å². The van der Waals surface area contributed by atoms with Crippen molar-refractivity contribution in [2.24, 2.45) is 4.99 Å². The molecule has 0 aliphatic carbocycles. The van der Waals surface area contributed by atoms with Gasteiger partial charge >= 0.3 is 0 Å². The fourth-order valence-corrected chi connectivity index (χ4v) is 4.09. The summed E-state index contributed by atoms with van der Waals surface area (Å²) in [5, 5.41) is 3.57. The molecule has 0 saturated carbocycles. The first-order valence-corrected chi connectivity index (χ1v) is 11.5. The third-order valence-electron chi connectivity index (χ3n) is 5.80. The first-order chi connectivity index (χ1) is 15.7. The van der Waals surface area contributed by atoms with Gasteiger partial charge in [-0.25, -0.2) is 0 Å². The number of methoxy groups -OCH3 is 1. The molecule has 1 aromatic carbocycles. The molecule has 0 bridgehead atoms. The van der Waals surface area contributed by atoms with Crippen LogP contribution in [0.25, 0.3) is 0 Å². The highest BCUT2D eigenvalue weighted by Crippen LogP contribution is 2.16. The number of ether oxygens (including phenoxy) is 2. The van der Waals surface area contributed by atoms with E-state index >= 15 is 0 Å². The zero-order chi connectivity index (χ0) is 22.6. The number of furan rings is 1. The van der Waals surface area contributed by atoms with Gasteiger partial charge in [0.05, 0.1) is 18.9 Å². The minimum absolute atomic E-state index is 0. The van der Waals surface area contributed by atoms with Crippen LogP contribution in [0.5, 0.6) is 0 Å². The highest BCUT2D eigenvalue weighted by atomic mass is 127. The van der Waals surface area contributed by atoms with E-state index in [0.717, 1.165) is 76.9 Å². The molecule has 184 valence electrons. The second-order valence-corrected chi connectivity index (χ2v) is 8.32. The van der Waals surface area contributed by atoms with Gasteiger partial charge in [-0.1, -0.05) is 24.3 Å². The lowest BCUT2D eigenvalue weighted by Gasteiger charge is -2.34. The number of likely N-dealkylation sites (tertiary alicyclic amines) is 1. The predicted octanol–water partition coefficient (Wildman–Crippen LogP) is 4.12. The molecule has 0 radical (unpaired) electrons. The zero-order valence-electron chi connectivity index (χ0n) is 20.2. The minimum Gasteiger partial charge on any atom is -0.468 e. The van der Waals surface area contributed by atoms with E-state index in [-0.39, 0.29) is 24.0 Å². The van der Waals surface area contributed by atoms with Crippen molar-refractivity contribution in [1.29, 1.82) is 0 Å². The highest BCUT2D eigenvalue weighted by molar-refractivity contribution is 14.0. The highest BCUT2D eigenvalue weighted by Gasteiger charge is 2.22. The molecule has 1 fully saturated rings. The summed E-state index contributed by atoms with van der Waals surface area (Å²) in [6.07, 6.45) is 5.08. The quantitative estimate of drug-likeness (QED) is 0.190. The van der Waals surface area contributed by atoms with E-state index in [9.17, 15) is 0 Å². The molecule has 33 heavy (non-hydrogen) atoms. The summed E-state index contributed by atoms with van der Waals surface area (Å²) in [6, 6.07) is 12.5. The van der Waals surface area contributed by atoms with Gasteiger partial charge in [-0.2, -0.15) is 0 Å². The lowest BCUT2D eigenvalue weighted by atomic mass is 10.1. The third kappa shape index (κ3) is 9.27. The van der Waals surface area contributed by atoms with Gasteiger partial charge in [0.25, 0.3) is 0 Å². The van der Waals surface area contributed by atoms with Gasteiger partial charge in [0, 0.05) is 53.6 Å². The Morgan fingerprint density at radius 2 is 1.88 bits per heavy atom. The number of nitrogens with one attached hydrogen (secondary N) is 1. The summed E-state index contributed by atoms with van der Waals surface area (Å²) >= 11 is 0. The van der Waals surface area contributed by atoms with Crippen LogP contribution in [-0.2, 0) is 29.1 Å². The molecule has 0 atom stereocenters. The van der Waals surface area contributed by atoms with E-state index in [1.54, 1.807) is 13.4 Å². The average molecular weight is 571 g/mol. The number of piperidine rings is 1. The fraction of sp³-hybridized carbons (Fsp3) is 0.560. The molecule has 0 spiro atoms. The number of rotatable bonds is 11. The first-order valence-electron chi connectivity index (χ1n) is 11.5. The number of benzene rings is 1. The average Bonchev–Trinajstić information content (AvgIpc) is 3.32. The third-order valence-corrected chi connectivity index (χ3v) is 5.80. The van der Waals surface area contributed by atoms with Crippen LogP contribution in [0, 0.1) is 0 Å². The summed E-state index contributed by atoms with van der Waals surface area (Å²) in [7, 11) is 5.71. The number of guanidine groups is 1. The van der Waals surface area contributed by atoms with Crippen LogP contribution in [0.2, 0.25) is 0 Å². The molecule has 0 unspecified atom stereocenters. The summed E-state index contributed by atoms with van der Waals surface area (Å²) < 4.78 is 16.6. The van der Waals surface area contributed by atoms with Gasteiger partial charge in [-0.15, -0.1) is 24.0 Å². The Balaban J connectivity index is 0.00000385. The zero-order valence-corrected chi connectivity index (χ0v) is 22.5. The number of aliphatic imine (C=N–C) groups is 1. The second-order valence-electron chi connectivity index (χ2n) is 8.32. The monoisotopic (exact) mass is 570 g/mol. The largest absolute Gasteiger partial charge is 0.468 e. The van der Waals surface area contributed by atoms with E-state index in [1.807, 2.05) is 19.2 Å². The van der Waals surface area contributed by atoms with Gasteiger partial charge in [-0.3, -0.25) is 9.89 Å². The molecular formula is C25H39IN4O3. The van der Waals surface area contributed by atoms with Crippen LogP contribution < -0.4 is 5.32 Å². The van der Waals surface area contributed by atoms with Crippen molar-refractivity contribution in [1.82, 2.24) is 15.1 Å².